The topological polar surface area (TPSA) is 61.4 Å². The number of rotatable bonds is 4. The largest absolute Gasteiger partial charge is 0.324 e. The van der Waals surface area contributed by atoms with E-state index in [2.05, 4.69) is 10.6 Å². The van der Waals surface area contributed by atoms with Gasteiger partial charge in [-0.1, -0.05) is 41.9 Å². The predicted molar refractivity (Wildman–Crippen MR) is 97.6 cm³/mol. The first-order valence-electron chi connectivity index (χ1n) is 7.51. The zero-order chi connectivity index (χ0) is 17.7. The summed E-state index contributed by atoms with van der Waals surface area (Å²) in [6.07, 6.45) is 0. The van der Waals surface area contributed by atoms with Gasteiger partial charge in [-0.2, -0.15) is 0 Å². The van der Waals surface area contributed by atoms with Crippen LogP contribution < -0.4 is 10.6 Å². The number of halogens is 1. The Morgan fingerprint density at radius 2 is 1.62 bits per heavy atom. The molecule has 2 aromatic rings. The summed E-state index contributed by atoms with van der Waals surface area (Å²) in [5.74, 6) is -0.260. The molecule has 24 heavy (non-hydrogen) atoms. The molecule has 0 aromatic heterocycles. The molecule has 2 N–H and O–H groups in total. The molecule has 0 saturated carbocycles. The number of aryl methyl sites for hydroxylation is 2. The Hall–Kier alpha value is -2.53. The van der Waals surface area contributed by atoms with Gasteiger partial charge in [-0.25, -0.2) is 4.79 Å². The lowest BCUT2D eigenvalue weighted by Gasteiger charge is -2.19. The van der Waals surface area contributed by atoms with Gasteiger partial charge in [0.15, 0.2) is 0 Å². The van der Waals surface area contributed by atoms with Gasteiger partial charge in [0.1, 0.15) is 6.54 Å². The second-order valence-electron chi connectivity index (χ2n) is 5.58. The summed E-state index contributed by atoms with van der Waals surface area (Å²) in [5, 5.41) is 5.97. The van der Waals surface area contributed by atoms with E-state index in [1.807, 2.05) is 32.0 Å². The second-order valence-corrected chi connectivity index (χ2v) is 5.99. The van der Waals surface area contributed by atoms with Crippen molar-refractivity contribution in [1.29, 1.82) is 0 Å². The Morgan fingerprint density at radius 1 is 1.00 bits per heavy atom. The van der Waals surface area contributed by atoms with Gasteiger partial charge in [0.05, 0.1) is 10.7 Å². The van der Waals surface area contributed by atoms with E-state index in [-0.39, 0.29) is 12.5 Å². The van der Waals surface area contributed by atoms with E-state index in [0.29, 0.717) is 10.7 Å². The number of para-hydroxylation sites is 2. The second kappa shape index (κ2) is 7.84. The molecule has 0 aliphatic heterocycles. The number of benzene rings is 2. The summed E-state index contributed by atoms with van der Waals surface area (Å²) in [4.78, 5) is 25.7. The summed E-state index contributed by atoms with van der Waals surface area (Å²) in [5.41, 5.74) is 3.24. The van der Waals surface area contributed by atoms with Crippen molar-refractivity contribution in [2.24, 2.45) is 0 Å². The van der Waals surface area contributed by atoms with E-state index in [9.17, 15) is 9.59 Å². The highest BCUT2D eigenvalue weighted by atomic mass is 35.5. The normalized spacial score (nSPS) is 10.2. The first-order valence-corrected chi connectivity index (χ1v) is 7.89. The van der Waals surface area contributed by atoms with Crippen LogP contribution in [-0.4, -0.2) is 30.4 Å². The third kappa shape index (κ3) is 4.49. The van der Waals surface area contributed by atoms with Gasteiger partial charge in [-0.15, -0.1) is 0 Å². The standard InChI is InChI=1S/C18H20ClN3O2/c1-12-7-6-8-13(2)17(12)21-16(23)11-22(3)18(24)20-15-10-5-4-9-14(15)19/h4-10H,11H2,1-3H3,(H,20,24)(H,21,23). The highest BCUT2D eigenvalue weighted by molar-refractivity contribution is 6.33. The fraction of sp³-hybridized carbons (Fsp3) is 0.222. The minimum absolute atomic E-state index is 0.0654. The van der Waals surface area contributed by atoms with Crippen LogP contribution in [0, 0.1) is 13.8 Å². The third-order valence-corrected chi connectivity index (χ3v) is 3.92. The van der Waals surface area contributed by atoms with Crippen LogP contribution in [0.25, 0.3) is 0 Å². The van der Waals surface area contributed by atoms with Gasteiger partial charge in [-0.05, 0) is 37.1 Å². The Balaban J connectivity index is 1.96. The molecular weight excluding hydrogens is 326 g/mol. The zero-order valence-corrected chi connectivity index (χ0v) is 14.6. The van der Waals surface area contributed by atoms with Crippen LogP contribution in [0.2, 0.25) is 5.02 Å². The summed E-state index contributed by atoms with van der Waals surface area (Å²) < 4.78 is 0. The van der Waals surface area contributed by atoms with Crippen LogP contribution in [0.4, 0.5) is 16.2 Å². The molecule has 2 aromatic carbocycles. The molecule has 6 heteroatoms. The maximum atomic E-state index is 12.2. The number of likely N-dealkylation sites (N-methyl/N-ethyl adjacent to an activating group) is 1. The summed E-state index contributed by atoms with van der Waals surface area (Å²) in [6, 6.07) is 12.3. The van der Waals surface area contributed by atoms with E-state index >= 15 is 0 Å². The molecule has 3 amide bonds. The van der Waals surface area contributed by atoms with Gasteiger partial charge in [-0.3, -0.25) is 4.79 Å². The first kappa shape index (κ1) is 17.8. The Labute approximate surface area is 146 Å². The van der Waals surface area contributed by atoms with E-state index in [1.54, 1.807) is 31.3 Å². The number of anilines is 2. The average molecular weight is 346 g/mol. The third-order valence-electron chi connectivity index (χ3n) is 3.59. The van der Waals surface area contributed by atoms with Gasteiger partial charge in [0.2, 0.25) is 5.91 Å². The van der Waals surface area contributed by atoms with Crippen molar-refractivity contribution >= 4 is 34.9 Å². The smallest absolute Gasteiger partial charge is 0.322 e. The van der Waals surface area contributed by atoms with Crippen LogP contribution >= 0.6 is 11.6 Å². The maximum absolute atomic E-state index is 12.2. The van der Waals surface area contributed by atoms with E-state index in [1.165, 1.54) is 4.90 Å². The summed E-state index contributed by atoms with van der Waals surface area (Å²) in [6.45, 7) is 3.79. The van der Waals surface area contributed by atoms with E-state index in [0.717, 1.165) is 16.8 Å². The Bertz CT molecular complexity index is 741. The molecule has 0 aliphatic rings. The van der Waals surface area contributed by atoms with Crippen molar-refractivity contribution in [3.8, 4) is 0 Å². The van der Waals surface area contributed by atoms with E-state index in [4.69, 9.17) is 11.6 Å². The number of hydrogen-bond acceptors (Lipinski definition) is 2. The van der Waals surface area contributed by atoms with Crippen LogP contribution in [-0.2, 0) is 4.79 Å². The van der Waals surface area contributed by atoms with Crippen LogP contribution in [0.3, 0.4) is 0 Å². The number of carbonyl (C=O) groups is 2. The lowest BCUT2D eigenvalue weighted by atomic mass is 10.1. The zero-order valence-electron chi connectivity index (χ0n) is 13.9. The fourth-order valence-electron chi connectivity index (χ4n) is 2.25. The quantitative estimate of drug-likeness (QED) is 0.877. The number of nitrogens with zero attached hydrogens (tertiary/aromatic N) is 1. The Morgan fingerprint density at radius 3 is 2.25 bits per heavy atom. The average Bonchev–Trinajstić information content (AvgIpc) is 2.53. The van der Waals surface area contributed by atoms with Gasteiger partial charge in [0, 0.05) is 12.7 Å². The van der Waals surface area contributed by atoms with Crippen LogP contribution in [0.1, 0.15) is 11.1 Å². The number of nitrogens with one attached hydrogen (secondary N) is 2. The molecule has 2 rings (SSSR count). The molecule has 5 nitrogen and oxygen atoms in total. The van der Waals surface area contributed by atoms with Crippen LogP contribution in [0.15, 0.2) is 42.5 Å². The van der Waals surface area contributed by atoms with Crippen molar-refractivity contribution in [2.45, 2.75) is 13.8 Å². The minimum Gasteiger partial charge on any atom is -0.324 e. The van der Waals surface area contributed by atoms with Crippen molar-refractivity contribution in [2.75, 3.05) is 24.2 Å². The number of carbonyl (C=O) groups excluding carboxylic acids is 2. The maximum Gasteiger partial charge on any atom is 0.322 e. The molecule has 0 atom stereocenters. The van der Waals surface area contributed by atoms with Crippen molar-refractivity contribution in [1.82, 2.24) is 4.90 Å². The molecule has 0 radical (unpaired) electrons. The molecule has 0 heterocycles. The number of urea groups is 1. The lowest BCUT2D eigenvalue weighted by Crippen LogP contribution is -2.37. The molecule has 0 spiro atoms. The van der Waals surface area contributed by atoms with Crippen molar-refractivity contribution in [3.63, 3.8) is 0 Å². The lowest BCUT2D eigenvalue weighted by molar-refractivity contribution is -0.116. The van der Waals surface area contributed by atoms with Crippen molar-refractivity contribution in [3.05, 3.63) is 58.6 Å². The Kier molecular flexibility index (Phi) is 5.82. The van der Waals surface area contributed by atoms with Gasteiger partial charge in [0.25, 0.3) is 0 Å². The minimum atomic E-state index is -0.403. The highest BCUT2D eigenvalue weighted by Crippen LogP contribution is 2.21. The van der Waals surface area contributed by atoms with Gasteiger partial charge < -0.3 is 15.5 Å². The molecule has 0 fully saturated rings. The van der Waals surface area contributed by atoms with Crippen LogP contribution in [0.5, 0.6) is 0 Å². The fourth-order valence-corrected chi connectivity index (χ4v) is 2.43. The first-order chi connectivity index (χ1) is 11.4. The van der Waals surface area contributed by atoms with E-state index < -0.39 is 6.03 Å². The van der Waals surface area contributed by atoms with Gasteiger partial charge >= 0.3 is 6.03 Å². The molecule has 126 valence electrons. The van der Waals surface area contributed by atoms with Crippen molar-refractivity contribution < 1.29 is 9.59 Å². The summed E-state index contributed by atoms with van der Waals surface area (Å²) >= 11 is 6.01. The molecule has 0 unspecified atom stereocenters. The SMILES string of the molecule is Cc1cccc(C)c1NC(=O)CN(C)C(=O)Nc1ccccc1Cl. The molecule has 0 saturated heterocycles. The summed E-state index contributed by atoms with van der Waals surface area (Å²) in [7, 11) is 1.55. The molecule has 0 aliphatic carbocycles. The number of amides is 3. The predicted octanol–water partition coefficient (Wildman–Crippen LogP) is 4.06. The highest BCUT2D eigenvalue weighted by Gasteiger charge is 2.15. The molecule has 0 bridgehead atoms. The number of hydrogen-bond donors (Lipinski definition) is 2. The monoisotopic (exact) mass is 345 g/mol. The molecular formula is C18H20ClN3O2.